The lowest BCUT2D eigenvalue weighted by Gasteiger charge is -2.31. The Morgan fingerprint density at radius 3 is 2.21 bits per heavy atom. The number of thiocarbonyl (C=S) groups is 2. The first kappa shape index (κ1) is 23.0. The number of hydrazine groups is 2. The van der Waals surface area contributed by atoms with E-state index in [0.717, 1.165) is 25.9 Å². The van der Waals surface area contributed by atoms with Crippen LogP contribution in [0.4, 0.5) is 0 Å². The molecule has 2 fully saturated rings. The Bertz CT molecular complexity index is 532. The van der Waals surface area contributed by atoms with E-state index in [1.807, 2.05) is 18.7 Å². The zero-order valence-electron chi connectivity index (χ0n) is 16.7. The van der Waals surface area contributed by atoms with E-state index in [4.69, 9.17) is 29.2 Å². The molecule has 0 aromatic carbocycles. The van der Waals surface area contributed by atoms with Crippen LogP contribution in [0.5, 0.6) is 0 Å². The Hall–Kier alpha value is -1.27. The van der Waals surface area contributed by atoms with Crippen molar-refractivity contribution >= 4 is 40.6 Å². The molecule has 1 saturated carbocycles. The van der Waals surface area contributed by atoms with Crippen LogP contribution in [-0.2, 0) is 9.53 Å². The Kier molecular flexibility index (Phi) is 10.1. The maximum Gasteiger partial charge on any atom is 0.223 e. The molecule has 3 atom stereocenters. The molecule has 1 saturated heterocycles. The number of hydrogen-bond donors (Lipinski definition) is 6. The van der Waals surface area contributed by atoms with E-state index in [1.165, 1.54) is 0 Å². The van der Waals surface area contributed by atoms with E-state index in [1.54, 1.807) is 0 Å². The monoisotopic (exact) mass is 431 g/mol. The van der Waals surface area contributed by atoms with Gasteiger partial charge in [-0.25, -0.2) is 10.9 Å². The second kappa shape index (κ2) is 12.3. The molecular weight excluding hydrogens is 398 g/mol. The highest BCUT2D eigenvalue weighted by molar-refractivity contribution is 7.80. The van der Waals surface area contributed by atoms with Crippen molar-refractivity contribution in [2.24, 2.45) is 5.92 Å². The summed E-state index contributed by atoms with van der Waals surface area (Å²) in [6, 6.07) is 0.134. The summed E-state index contributed by atoms with van der Waals surface area (Å²) in [5.41, 5.74) is 12.7. The second-order valence-electron chi connectivity index (χ2n) is 6.92. The zero-order chi connectivity index (χ0) is 20.4. The minimum Gasteiger partial charge on any atom is -0.378 e. The van der Waals surface area contributed by atoms with Crippen molar-refractivity contribution in [1.82, 2.24) is 37.2 Å². The van der Waals surface area contributed by atoms with Crippen molar-refractivity contribution in [1.29, 1.82) is 0 Å². The molecule has 160 valence electrons. The minimum atomic E-state index is 0.0264. The summed E-state index contributed by atoms with van der Waals surface area (Å²) in [4.78, 5) is 14.6. The molecule has 1 aliphatic heterocycles. The third kappa shape index (κ3) is 7.28. The van der Waals surface area contributed by atoms with E-state index >= 15 is 0 Å². The molecule has 1 amide bonds. The lowest BCUT2D eigenvalue weighted by Crippen LogP contribution is -2.59. The molecule has 28 heavy (non-hydrogen) atoms. The zero-order valence-corrected chi connectivity index (χ0v) is 18.3. The number of ether oxygens (including phenoxy) is 1. The minimum absolute atomic E-state index is 0.0264. The number of rotatable bonds is 8. The molecule has 3 unspecified atom stereocenters. The molecule has 2 aliphatic rings. The van der Waals surface area contributed by atoms with E-state index in [-0.39, 0.29) is 23.9 Å². The molecule has 0 aromatic heterocycles. The van der Waals surface area contributed by atoms with Gasteiger partial charge < -0.3 is 20.3 Å². The highest BCUT2D eigenvalue weighted by atomic mass is 32.1. The number of amides is 1. The van der Waals surface area contributed by atoms with Gasteiger partial charge in [-0.2, -0.15) is 0 Å². The highest BCUT2D eigenvalue weighted by Crippen LogP contribution is 2.29. The quantitative estimate of drug-likeness (QED) is 0.220. The first-order valence-corrected chi connectivity index (χ1v) is 10.8. The summed E-state index contributed by atoms with van der Waals surface area (Å²) < 4.78 is 5.35. The van der Waals surface area contributed by atoms with Crippen molar-refractivity contribution in [3.8, 4) is 0 Å². The SMILES string of the molecule is CCNC(=S)NNC1CCC(CC(=O)N2CCOCC2)C1NNC(=S)NCC. The normalized spacial score (nSPS) is 24.5. The van der Waals surface area contributed by atoms with Gasteiger partial charge in [-0.1, -0.05) is 0 Å². The van der Waals surface area contributed by atoms with E-state index in [2.05, 4.69) is 32.3 Å². The Balaban J connectivity index is 1.93. The smallest absolute Gasteiger partial charge is 0.223 e. The fourth-order valence-electron chi connectivity index (χ4n) is 3.57. The van der Waals surface area contributed by atoms with Crippen LogP contribution in [0.3, 0.4) is 0 Å². The average Bonchev–Trinajstić information content (AvgIpc) is 3.07. The van der Waals surface area contributed by atoms with Crippen molar-refractivity contribution in [3.63, 3.8) is 0 Å². The molecule has 9 nitrogen and oxygen atoms in total. The summed E-state index contributed by atoms with van der Waals surface area (Å²) in [6.07, 6.45) is 2.37. The number of carbonyl (C=O) groups excluding carboxylic acids is 1. The van der Waals surface area contributed by atoms with Gasteiger partial charge in [0, 0.05) is 44.7 Å². The number of nitrogens with one attached hydrogen (secondary N) is 6. The first-order chi connectivity index (χ1) is 13.5. The predicted molar refractivity (Wildman–Crippen MR) is 117 cm³/mol. The predicted octanol–water partition coefficient (Wildman–Crippen LogP) is -0.640. The largest absolute Gasteiger partial charge is 0.378 e. The van der Waals surface area contributed by atoms with Crippen LogP contribution in [0.25, 0.3) is 0 Å². The molecule has 0 spiro atoms. The first-order valence-electron chi connectivity index (χ1n) is 9.99. The van der Waals surface area contributed by atoms with Crippen LogP contribution in [0, 0.1) is 5.92 Å². The van der Waals surface area contributed by atoms with Gasteiger partial charge in [-0.05, 0) is 57.0 Å². The Labute approximate surface area is 178 Å². The van der Waals surface area contributed by atoms with Crippen LogP contribution in [-0.4, -0.2) is 72.5 Å². The molecule has 2 rings (SSSR count). The van der Waals surface area contributed by atoms with Gasteiger partial charge in [-0.15, -0.1) is 0 Å². The van der Waals surface area contributed by atoms with Crippen LogP contribution < -0.4 is 32.3 Å². The van der Waals surface area contributed by atoms with E-state index < -0.39 is 0 Å². The lowest BCUT2D eigenvalue weighted by molar-refractivity contribution is -0.136. The fourth-order valence-corrected chi connectivity index (χ4v) is 3.98. The molecular formula is C17H33N7O2S2. The van der Waals surface area contributed by atoms with Gasteiger partial charge >= 0.3 is 0 Å². The van der Waals surface area contributed by atoms with Gasteiger partial charge in [0.15, 0.2) is 10.2 Å². The van der Waals surface area contributed by atoms with E-state index in [9.17, 15) is 4.79 Å². The Morgan fingerprint density at radius 2 is 1.61 bits per heavy atom. The maximum absolute atomic E-state index is 12.7. The molecule has 0 aromatic rings. The van der Waals surface area contributed by atoms with Crippen LogP contribution in [0.1, 0.15) is 33.1 Å². The van der Waals surface area contributed by atoms with E-state index in [0.29, 0.717) is 42.9 Å². The number of morpholine rings is 1. The van der Waals surface area contributed by atoms with Crippen molar-refractivity contribution < 1.29 is 9.53 Å². The number of nitrogens with zero attached hydrogens (tertiary/aromatic N) is 1. The fraction of sp³-hybridized carbons (Fsp3) is 0.824. The topological polar surface area (TPSA) is 102 Å². The van der Waals surface area contributed by atoms with Gasteiger partial charge in [0.05, 0.1) is 13.2 Å². The van der Waals surface area contributed by atoms with Gasteiger partial charge in [0.2, 0.25) is 5.91 Å². The van der Waals surface area contributed by atoms with Crippen LogP contribution in [0.2, 0.25) is 0 Å². The summed E-state index contributed by atoms with van der Waals surface area (Å²) in [5, 5.41) is 7.22. The number of hydrogen-bond acceptors (Lipinski definition) is 6. The van der Waals surface area contributed by atoms with Gasteiger partial charge in [0.25, 0.3) is 0 Å². The second-order valence-corrected chi connectivity index (χ2v) is 7.74. The maximum atomic E-state index is 12.7. The van der Waals surface area contributed by atoms with Crippen molar-refractivity contribution in [2.75, 3.05) is 39.4 Å². The molecule has 1 heterocycles. The van der Waals surface area contributed by atoms with Crippen molar-refractivity contribution in [3.05, 3.63) is 0 Å². The summed E-state index contributed by atoms with van der Waals surface area (Å²) >= 11 is 10.5. The molecule has 0 bridgehead atoms. The third-order valence-corrected chi connectivity index (χ3v) is 5.48. The van der Waals surface area contributed by atoms with Crippen LogP contribution >= 0.6 is 24.4 Å². The van der Waals surface area contributed by atoms with Gasteiger partial charge in [0.1, 0.15) is 0 Å². The standard InChI is InChI=1S/C17H33N7O2S2/c1-3-18-16(27)22-20-13-6-5-12(15(13)21-23-17(28)19-4-2)11-14(25)24-7-9-26-10-8-24/h12-13,15,20-21H,3-11H2,1-2H3,(H2,18,22,27)(H2,19,23,28). The van der Waals surface area contributed by atoms with Gasteiger partial charge in [-0.3, -0.25) is 15.6 Å². The summed E-state index contributed by atoms with van der Waals surface area (Å²) in [5.74, 6) is 0.380. The number of carbonyl (C=O) groups is 1. The Morgan fingerprint density at radius 1 is 1.00 bits per heavy atom. The summed E-state index contributed by atoms with van der Waals surface area (Å²) in [7, 11) is 0. The lowest BCUT2D eigenvalue weighted by atomic mass is 9.98. The molecule has 0 radical (unpaired) electrons. The third-order valence-electron chi connectivity index (χ3n) is 4.99. The molecule has 1 aliphatic carbocycles. The highest BCUT2D eigenvalue weighted by Gasteiger charge is 2.38. The molecule has 11 heteroatoms. The average molecular weight is 432 g/mol. The van der Waals surface area contributed by atoms with Crippen molar-refractivity contribution in [2.45, 2.75) is 45.2 Å². The molecule has 6 N–H and O–H groups in total. The van der Waals surface area contributed by atoms with Crippen LogP contribution in [0.15, 0.2) is 0 Å². The summed E-state index contributed by atoms with van der Waals surface area (Å²) in [6.45, 7) is 8.07.